The number of nitrogens with one attached hydrogen (secondary N) is 1. The molecule has 2 aromatic carbocycles. The summed E-state index contributed by atoms with van der Waals surface area (Å²) in [6, 6.07) is 9.36. The van der Waals surface area contributed by atoms with Crippen molar-refractivity contribution in [1.82, 2.24) is 9.62 Å². The molecule has 34 heavy (non-hydrogen) atoms. The van der Waals surface area contributed by atoms with Crippen LogP contribution in [0.25, 0.3) is 0 Å². The van der Waals surface area contributed by atoms with Gasteiger partial charge in [-0.25, -0.2) is 13.2 Å². The Morgan fingerprint density at radius 3 is 2.41 bits per heavy atom. The molecular weight excluding hydrogens is 460 g/mol. The molecular formula is C24H30N2O7S. The summed E-state index contributed by atoms with van der Waals surface area (Å²) in [5.41, 5.74) is 1.64. The van der Waals surface area contributed by atoms with Crippen molar-refractivity contribution in [1.29, 1.82) is 0 Å². The predicted octanol–water partition coefficient (Wildman–Crippen LogP) is 2.58. The Kier molecular flexibility index (Phi) is 8.16. The van der Waals surface area contributed by atoms with E-state index in [0.29, 0.717) is 12.2 Å². The third-order valence-corrected chi connectivity index (χ3v) is 7.78. The summed E-state index contributed by atoms with van der Waals surface area (Å²) in [4.78, 5) is 24.9. The first-order valence-corrected chi connectivity index (χ1v) is 12.5. The van der Waals surface area contributed by atoms with E-state index in [2.05, 4.69) is 5.32 Å². The first-order chi connectivity index (χ1) is 16.2. The number of hydrogen-bond donors (Lipinski definition) is 2. The minimum atomic E-state index is -4.14. The number of methoxy groups -OCH3 is 2. The zero-order valence-electron chi connectivity index (χ0n) is 19.5. The van der Waals surface area contributed by atoms with E-state index in [1.807, 2.05) is 31.2 Å². The lowest BCUT2D eigenvalue weighted by molar-refractivity contribution is -0.142. The van der Waals surface area contributed by atoms with Gasteiger partial charge in [0.05, 0.1) is 19.1 Å². The highest BCUT2D eigenvalue weighted by Crippen LogP contribution is 2.34. The largest absolute Gasteiger partial charge is 0.493 e. The molecule has 2 atom stereocenters. The van der Waals surface area contributed by atoms with Crippen molar-refractivity contribution in [2.24, 2.45) is 0 Å². The van der Waals surface area contributed by atoms with Gasteiger partial charge in [-0.3, -0.25) is 4.79 Å². The number of rotatable bonds is 10. The van der Waals surface area contributed by atoms with Crippen LogP contribution in [0.15, 0.2) is 47.4 Å². The van der Waals surface area contributed by atoms with Crippen molar-refractivity contribution in [3.63, 3.8) is 0 Å². The van der Waals surface area contributed by atoms with Gasteiger partial charge in [-0.2, -0.15) is 4.31 Å². The van der Waals surface area contributed by atoms with Crippen LogP contribution in [0.3, 0.4) is 0 Å². The molecule has 1 aliphatic rings. The van der Waals surface area contributed by atoms with Crippen LogP contribution in [0.1, 0.15) is 37.3 Å². The van der Waals surface area contributed by atoms with Crippen molar-refractivity contribution in [3.8, 4) is 11.5 Å². The van der Waals surface area contributed by atoms with Gasteiger partial charge in [-0.1, -0.05) is 44.0 Å². The molecule has 2 aromatic rings. The highest BCUT2D eigenvalue weighted by Gasteiger charge is 2.40. The standard InChI is InChI=1S/C24H30N2O7S/c1-4-5-10-19(24(28)29)25-23(27)20-13-16-8-6-7-9-17(16)15-26(20)34(30,31)18-11-12-21(32-2)22(14-18)33-3/h6-9,11-12,14,19-20H,4-5,10,13,15H2,1-3H3,(H,25,27)(H,28,29)/t19?,20-/m1/s1. The minimum absolute atomic E-state index is 0.0162. The van der Waals surface area contributed by atoms with Crippen LogP contribution in [0.5, 0.6) is 11.5 Å². The number of carbonyl (C=O) groups is 2. The third kappa shape index (κ3) is 5.34. The summed E-state index contributed by atoms with van der Waals surface area (Å²) < 4.78 is 39.0. The quantitative estimate of drug-likeness (QED) is 0.525. The third-order valence-electron chi connectivity index (χ3n) is 5.93. The molecule has 0 aromatic heterocycles. The van der Waals surface area contributed by atoms with Crippen molar-refractivity contribution < 1.29 is 32.6 Å². The summed E-state index contributed by atoms with van der Waals surface area (Å²) in [6.07, 6.45) is 1.80. The van der Waals surface area contributed by atoms with Crippen LogP contribution in [0.2, 0.25) is 0 Å². The average Bonchev–Trinajstić information content (AvgIpc) is 2.84. The number of unbranched alkanes of at least 4 members (excludes halogenated alkanes) is 1. The highest BCUT2D eigenvalue weighted by molar-refractivity contribution is 7.89. The molecule has 184 valence electrons. The van der Waals surface area contributed by atoms with Gasteiger partial charge in [-0.05, 0) is 36.1 Å². The molecule has 1 unspecified atom stereocenters. The molecule has 0 aliphatic carbocycles. The first kappa shape index (κ1) is 25.5. The van der Waals surface area contributed by atoms with Crippen LogP contribution in [0.4, 0.5) is 0 Å². The molecule has 1 aliphatic heterocycles. The Morgan fingerprint density at radius 2 is 1.79 bits per heavy atom. The smallest absolute Gasteiger partial charge is 0.326 e. The average molecular weight is 491 g/mol. The number of ether oxygens (including phenoxy) is 2. The van der Waals surface area contributed by atoms with Crippen molar-refractivity contribution in [3.05, 3.63) is 53.6 Å². The number of nitrogens with zero attached hydrogens (tertiary/aromatic N) is 1. The minimum Gasteiger partial charge on any atom is -0.493 e. The maximum Gasteiger partial charge on any atom is 0.326 e. The van der Waals surface area contributed by atoms with Gasteiger partial charge in [0.15, 0.2) is 11.5 Å². The van der Waals surface area contributed by atoms with Crippen LogP contribution >= 0.6 is 0 Å². The van der Waals surface area contributed by atoms with Gasteiger partial charge in [0.1, 0.15) is 12.1 Å². The SMILES string of the molecule is CCCCC(NC(=O)[C@H]1Cc2ccccc2CN1S(=O)(=O)c1ccc(OC)c(OC)c1)C(=O)O. The summed E-state index contributed by atoms with van der Waals surface area (Å²) in [5.74, 6) is -1.16. The number of carboxylic acids is 1. The number of amides is 1. The topological polar surface area (TPSA) is 122 Å². The van der Waals surface area contributed by atoms with Gasteiger partial charge in [0, 0.05) is 12.6 Å². The second-order valence-corrected chi connectivity index (χ2v) is 9.99. The summed E-state index contributed by atoms with van der Waals surface area (Å²) in [7, 11) is -1.28. The van der Waals surface area contributed by atoms with Crippen LogP contribution < -0.4 is 14.8 Å². The fraction of sp³-hybridized carbons (Fsp3) is 0.417. The van der Waals surface area contributed by atoms with Gasteiger partial charge >= 0.3 is 5.97 Å². The molecule has 0 fully saturated rings. The second-order valence-electron chi connectivity index (χ2n) is 8.10. The molecule has 0 spiro atoms. The van der Waals surface area contributed by atoms with Gasteiger partial charge in [0.25, 0.3) is 0 Å². The molecule has 0 saturated heterocycles. The molecule has 9 nitrogen and oxygen atoms in total. The summed E-state index contributed by atoms with van der Waals surface area (Å²) >= 11 is 0. The number of fused-ring (bicyclic) bond motifs is 1. The van der Waals surface area contributed by atoms with E-state index in [0.717, 1.165) is 21.9 Å². The Bertz CT molecular complexity index is 1150. The maximum atomic E-state index is 13.7. The number of benzene rings is 2. The van der Waals surface area contributed by atoms with E-state index in [-0.39, 0.29) is 30.0 Å². The zero-order valence-corrected chi connectivity index (χ0v) is 20.3. The summed E-state index contributed by atoms with van der Waals surface area (Å²) in [6.45, 7) is 1.91. The van der Waals surface area contributed by atoms with E-state index in [1.165, 1.54) is 32.4 Å². The van der Waals surface area contributed by atoms with Crippen LogP contribution in [-0.2, 0) is 32.6 Å². The van der Waals surface area contributed by atoms with E-state index in [1.54, 1.807) is 0 Å². The number of carbonyl (C=O) groups excluding carboxylic acids is 1. The van der Waals surface area contributed by atoms with E-state index in [9.17, 15) is 23.1 Å². The highest BCUT2D eigenvalue weighted by atomic mass is 32.2. The van der Waals surface area contributed by atoms with Crippen LogP contribution in [-0.4, -0.2) is 56.0 Å². The molecule has 10 heteroatoms. The molecule has 0 bridgehead atoms. The lowest BCUT2D eigenvalue weighted by atomic mass is 9.95. The fourth-order valence-corrected chi connectivity index (χ4v) is 5.60. The van der Waals surface area contributed by atoms with Crippen molar-refractivity contribution >= 4 is 21.9 Å². The van der Waals surface area contributed by atoms with Crippen LogP contribution in [0, 0.1) is 0 Å². The second kappa shape index (κ2) is 10.9. The molecule has 0 radical (unpaired) electrons. The van der Waals surface area contributed by atoms with Crippen molar-refractivity contribution in [2.75, 3.05) is 14.2 Å². The van der Waals surface area contributed by atoms with Gasteiger partial charge in [0.2, 0.25) is 15.9 Å². The Hall–Kier alpha value is -3.11. The lowest BCUT2D eigenvalue weighted by Gasteiger charge is -2.35. The Labute approximate surface area is 199 Å². The number of carboxylic acid groups (broad SMARTS) is 1. The Balaban J connectivity index is 2.00. The molecule has 0 saturated carbocycles. The van der Waals surface area contributed by atoms with Gasteiger partial charge in [-0.15, -0.1) is 0 Å². The number of hydrogen-bond acceptors (Lipinski definition) is 6. The first-order valence-electron chi connectivity index (χ1n) is 11.1. The maximum absolute atomic E-state index is 13.7. The lowest BCUT2D eigenvalue weighted by Crippen LogP contribution is -2.55. The monoisotopic (exact) mass is 490 g/mol. The molecule has 1 heterocycles. The predicted molar refractivity (Wildman–Crippen MR) is 125 cm³/mol. The number of sulfonamides is 1. The molecule has 3 rings (SSSR count). The Morgan fingerprint density at radius 1 is 1.12 bits per heavy atom. The fourth-order valence-electron chi connectivity index (χ4n) is 4.02. The van der Waals surface area contributed by atoms with E-state index < -0.39 is 34.0 Å². The normalized spacial score (nSPS) is 16.9. The molecule has 2 N–H and O–H groups in total. The molecule has 1 amide bonds. The van der Waals surface area contributed by atoms with Crippen molar-refractivity contribution in [2.45, 2.75) is 56.1 Å². The van der Waals surface area contributed by atoms with E-state index in [4.69, 9.17) is 9.47 Å². The van der Waals surface area contributed by atoms with Gasteiger partial charge < -0.3 is 19.9 Å². The zero-order chi connectivity index (χ0) is 24.9. The number of aliphatic carboxylic acids is 1. The summed E-state index contributed by atoms with van der Waals surface area (Å²) in [5, 5.41) is 12.1. The van der Waals surface area contributed by atoms with E-state index >= 15 is 0 Å².